The van der Waals surface area contributed by atoms with Gasteiger partial charge in [0.15, 0.2) is 0 Å². The molecule has 0 heterocycles. The van der Waals surface area contributed by atoms with Crippen LogP contribution in [0.5, 0.6) is 0 Å². The average Bonchev–Trinajstić information content (AvgIpc) is 2.28. The number of aliphatic carboxylic acids is 1. The van der Waals surface area contributed by atoms with Gasteiger partial charge in [0, 0.05) is 6.04 Å². The summed E-state index contributed by atoms with van der Waals surface area (Å²) in [4.78, 5) is 34.3. The predicted octanol–water partition coefficient (Wildman–Crippen LogP) is 0.393. The van der Waals surface area contributed by atoms with Crippen molar-refractivity contribution >= 4 is 17.9 Å². The van der Waals surface area contributed by atoms with Gasteiger partial charge in [0.05, 0.1) is 0 Å². The van der Waals surface area contributed by atoms with E-state index in [-0.39, 0.29) is 6.04 Å². The molecule has 3 amide bonds. The Bertz CT molecular complexity index is 313. The molecule has 110 valence electrons. The number of carbonyl (C=O) groups is 3. The number of primary amides is 1. The molecule has 4 N–H and O–H groups in total. The molecule has 1 atom stereocenters. The number of nitrogens with one attached hydrogen (secondary N) is 1. The maximum Gasteiger partial charge on any atom is 0.323 e. The van der Waals surface area contributed by atoms with Gasteiger partial charge in [0.2, 0.25) is 5.91 Å². The molecule has 0 aliphatic carbocycles. The van der Waals surface area contributed by atoms with Crippen LogP contribution in [-0.4, -0.2) is 47.0 Å². The first-order chi connectivity index (χ1) is 8.81. The first-order valence-electron chi connectivity index (χ1n) is 6.37. The standard InChI is InChI=1S/C12H23N3O4/c1-4-9(5-2)8(3)14-12(19)15(6-10(13)16)7-11(17)18/h8-9H,4-7H2,1-3H3,(H2,13,16)(H,14,19)(H,17,18). The fourth-order valence-electron chi connectivity index (χ4n) is 1.95. The summed E-state index contributed by atoms with van der Waals surface area (Å²) >= 11 is 0. The lowest BCUT2D eigenvalue weighted by molar-refractivity contribution is -0.137. The number of hydrogen-bond acceptors (Lipinski definition) is 3. The Labute approximate surface area is 113 Å². The van der Waals surface area contributed by atoms with E-state index in [0.717, 1.165) is 17.7 Å². The maximum absolute atomic E-state index is 11.9. The van der Waals surface area contributed by atoms with Gasteiger partial charge in [-0.3, -0.25) is 9.59 Å². The molecule has 7 heteroatoms. The van der Waals surface area contributed by atoms with Crippen molar-refractivity contribution in [1.82, 2.24) is 10.2 Å². The number of nitrogens with zero attached hydrogens (tertiary/aromatic N) is 1. The minimum Gasteiger partial charge on any atom is -0.480 e. The average molecular weight is 273 g/mol. The van der Waals surface area contributed by atoms with Crippen molar-refractivity contribution in [2.24, 2.45) is 11.7 Å². The highest BCUT2D eigenvalue weighted by molar-refractivity contribution is 5.86. The zero-order valence-electron chi connectivity index (χ0n) is 11.7. The van der Waals surface area contributed by atoms with Crippen molar-refractivity contribution in [3.05, 3.63) is 0 Å². The summed E-state index contributed by atoms with van der Waals surface area (Å²) in [6.07, 6.45) is 1.82. The van der Waals surface area contributed by atoms with Crippen LogP contribution in [0.3, 0.4) is 0 Å². The zero-order valence-corrected chi connectivity index (χ0v) is 11.7. The first kappa shape index (κ1) is 17.2. The number of carbonyl (C=O) groups excluding carboxylic acids is 2. The molecule has 0 saturated heterocycles. The van der Waals surface area contributed by atoms with Crippen LogP contribution in [0.25, 0.3) is 0 Å². The molecule has 0 rings (SSSR count). The van der Waals surface area contributed by atoms with E-state index in [2.05, 4.69) is 5.32 Å². The van der Waals surface area contributed by atoms with Gasteiger partial charge in [-0.15, -0.1) is 0 Å². The second-order valence-corrected chi connectivity index (χ2v) is 4.53. The molecule has 0 aliphatic heterocycles. The van der Waals surface area contributed by atoms with Crippen molar-refractivity contribution in [2.45, 2.75) is 39.7 Å². The van der Waals surface area contributed by atoms with Crippen molar-refractivity contribution in [1.29, 1.82) is 0 Å². The van der Waals surface area contributed by atoms with Crippen LogP contribution in [0.2, 0.25) is 0 Å². The van der Waals surface area contributed by atoms with Crippen LogP contribution >= 0.6 is 0 Å². The van der Waals surface area contributed by atoms with Crippen molar-refractivity contribution < 1.29 is 19.5 Å². The number of hydrogen-bond donors (Lipinski definition) is 3. The van der Waals surface area contributed by atoms with E-state index in [4.69, 9.17) is 10.8 Å². The fourth-order valence-corrected chi connectivity index (χ4v) is 1.95. The number of carboxylic acids is 1. The maximum atomic E-state index is 11.9. The Morgan fingerprint density at radius 2 is 1.74 bits per heavy atom. The lowest BCUT2D eigenvalue weighted by atomic mass is 9.96. The van der Waals surface area contributed by atoms with E-state index < -0.39 is 31.0 Å². The topological polar surface area (TPSA) is 113 Å². The summed E-state index contributed by atoms with van der Waals surface area (Å²) in [5.41, 5.74) is 5.00. The molecule has 0 aliphatic rings. The van der Waals surface area contributed by atoms with Gasteiger partial charge in [0.25, 0.3) is 0 Å². The Hall–Kier alpha value is -1.79. The van der Waals surface area contributed by atoms with Crippen molar-refractivity contribution in [3.8, 4) is 0 Å². The Kier molecular flexibility index (Phi) is 7.55. The number of urea groups is 1. The summed E-state index contributed by atoms with van der Waals surface area (Å²) in [6, 6.07) is -0.674. The zero-order chi connectivity index (χ0) is 15.0. The highest BCUT2D eigenvalue weighted by Gasteiger charge is 2.22. The van der Waals surface area contributed by atoms with E-state index in [1.807, 2.05) is 20.8 Å². The summed E-state index contributed by atoms with van der Waals surface area (Å²) in [6.45, 7) is 4.95. The summed E-state index contributed by atoms with van der Waals surface area (Å²) in [5, 5.41) is 11.4. The van der Waals surface area contributed by atoms with Crippen LogP contribution in [0.15, 0.2) is 0 Å². The molecular formula is C12H23N3O4. The molecule has 0 spiro atoms. The molecule has 0 aromatic heterocycles. The van der Waals surface area contributed by atoms with Gasteiger partial charge in [-0.05, 0) is 12.8 Å². The molecule has 19 heavy (non-hydrogen) atoms. The quantitative estimate of drug-likeness (QED) is 0.593. The number of amides is 3. The normalized spacial score (nSPS) is 12.0. The van der Waals surface area contributed by atoms with Gasteiger partial charge in [-0.1, -0.05) is 26.7 Å². The van der Waals surface area contributed by atoms with Crippen LogP contribution in [-0.2, 0) is 9.59 Å². The monoisotopic (exact) mass is 273 g/mol. The summed E-state index contributed by atoms with van der Waals surface area (Å²) in [5.74, 6) is -1.62. The molecule has 0 aromatic carbocycles. The van der Waals surface area contributed by atoms with E-state index in [1.54, 1.807) is 0 Å². The largest absolute Gasteiger partial charge is 0.480 e. The van der Waals surface area contributed by atoms with E-state index in [1.165, 1.54) is 0 Å². The molecule has 0 fully saturated rings. The van der Waals surface area contributed by atoms with Gasteiger partial charge in [-0.25, -0.2) is 4.79 Å². The van der Waals surface area contributed by atoms with Crippen LogP contribution < -0.4 is 11.1 Å². The van der Waals surface area contributed by atoms with Gasteiger partial charge >= 0.3 is 12.0 Å². The molecule has 0 aromatic rings. The van der Waals surface area contributed by atoms with E-state index >= 15 is 0 Å². The number of carboxylic acid groups (broad SMARTS) is 1. The Morgan fingerprint density at radius 1 is 1.21 bits per heavy atom. The van der Waals surface area contributed by atoms with E-state index in [9.17, 15) is 14.4 Å². The third-order valence-electron chi connectivity index (χ3n) is 3.07. The third-order valence-corrected chi connectivity index (χ3v) is 3.07. The third kappa shape index (κ3) is 6.64. The van der Waals surface area contributed by atoms with Crippen molar-refractivity contribution in [2.75, 3.05) is 13.1 Å². The molecule has 7 nitrogen and oxygen atoms in total. The second kappa shape index (κ2) is 8.34. The van der Waals surface area contributed by atoms with Crippen LogP contribution in [0.4, 0.5) is 4.79 Å². The first-order valence-corrected chi connectivity index (χ1v) is 6.37. The predicted molar refractivity (Wildman–Crippen MR) is 70.5 cm³/mol. The smallest absolute Gasteiger partial charge is 0.323 e. The lowest BCUT2D eigenvalue weighted by Gasteiger charge is -2.26. The van der Waals surface area contributed by atoms with Gasteiger partial charge < -0.3 is 21.1 Å². The Balaban J connectivity index is 4.62. The highest BCUT2D eigenvalue weighted by atomic mass is 16.4. The highest BCUT2D eigenvalue weighted by Crippen LogP contribution is 2.12. The summed E-state index contributed by atoms with van der Waals surface area (Å²) in [7, 11) is 0. The van der Waals surface area contributed by atoms with Crippen molar-refractivity contribution in [3.63, 3.8) is 0 Å². The molecular weight excluding hydrogens is 250 g/mol. The summed E-state index contributed by atoms with van der Waals surface area (Å²) < 4.78 is 0. The molecule has 0 saturated carbocycles. The number of nitrogens with two attached hydrogens (primary N) is 1. The SMILES string of the molecule is CCC(CC)C(C)NC(=O)N(CC(N)=O)CC(=O)O. The number of rotatable bonds is 8. The molecule has 0 radical (unpaired) electrons. The molecule has 0 bridgehead atoms. The lowest BCUT2D eigenvalue weighted by Crippen LogP contribution is -2.50. The minimum absolute atomic E-state index is 0.0910. The van der Waals surface area contributed by atoms with Crippen LogP contribution in [0.1, 0.15) is 33.6 Å². The van der Waals surface area contributed by atoms with Gasteiger partial charge in [0.1, 0.15) is 13.1 Å². The second-order valence-electron chi connectivity index (χ2n) is 4.53. The van der Waals surface area contributed by atoms with Crippen LogP contribution in [0, 0.1) is 5.92 Å². The molecule has 1 unspecified atom stereocenters. The van der Waals surface area contributed by atoms with E-state index in [0.29, 0.717) is 5.92 Å². The Morgan fingerprint density at radius 3 is 2.11 bits per heavy atom. The fraction of sp³-hybridized carbons (Fsp3) is 0.750. The minimum atomic E-state index is -1.19. The van der Waals surface area contributed by atoms with Gasteiger partial charge in [-0.2, -0.15) is 0 Å².